The normalized spacial score (nSPS) is 17.1. The van der Waals surface area contributed by atoms with Crippen molar-refractivity contribution in [3.05, 3.63) is 72.3 Å². The number of hydrogen-bond acceptors (Lipinski definition) is 10. The molecule has 0 spiro atoms. The Morgan fingerprint density at radius 3 is 2.70 bits per heavy atom. The van der Waals surface area contributed by atoms with Gasteiger partial charge in [-0.15, -0.1) is 0 Å². The number of aromatic nitrogens is 4. The van der Waals surface area contributed by atoms with Gasteiger partial charge >= 0.3 is 0 Å². The van der Waals surface area contributed by atoms with Crippen LogP contribution in [0.15, 0.2) is 66.0 Å². The number of aliphatic hydroxyl groups excluding tert-OH is 1. The Balaban J connectivity index is 1.34. The molecule has 1 aliphatic rings. The zero-order valence-corrected chi connectivity index (χ0v) is 23.2. The molecule has 0 unspecified atom stereocenters. The van der Waals surface area contributed by atoms with Crippen molar-refractivity contribution >= 4 is 32.5 Å². The van der Waals surface area contributed by atoms with E-state index in [-0.39, 0.29) is 29.7 Å². The molecule has 5 heterocycles. The van der Waals surface area contributed by atoms with Gasteiger partial charge in [0.2, 0.25) is 0 Å². The Hall–Kier alpha value is -4.00. The fourth-order valence-electron chi connectivity index (χ4n) is 4.62. The number of pyridine rings is 4. The third-order valence-electron chi connectivity index (χ3n) is 6.47. The monoisotopic (exact) mass is 562 g/mol. The molecule has 0 radical (unpaired) electrons. The van der Waals surface area contributed by atoms with Crippen molar-refractivity contribution in [1.29, 1.82) is 0 Å². The number of rotatable bonds is 7. The Labute approximate surface area is 232 Å². The highest BCUT2D eigenvalue weighted by molar-refractivity contribution is 7.90. The molecule has 1 saturated heterocycles. The third-order valence-corrected chi connectivity index (χ3v) is 7.55. The van der Waals surface area contributed by atoms with Crippen molar-refractivity contribution in [2.45, 2.75) is 37.0 Å². The molecule has 12 heteroatoms. The predicted molar refractivity (Wildman–Crippen MR) is 150 cm³/mol. The Kier molecular flexibility index (Phi) is 7.49. The van der Waals surface area contributed by atoms with E-state index >= 15 is 0 Å². The molecule has 1 fully saturated rings. The summed E-state index contributed by atoms with van der Waals surface area (Å²) in [5.41, 5.74) is 2.39. The number of hydrogen-bond donors (Lipinski definition) is 2. The number of sulfone groups is 1. The van der Waals surface area contributed by atoms with Crippen LogP contribution >= 0.6 is 0 Å². The maximum atomic E-state index is 12.6. The van der Waals surface area contributed by atoms with E-state index in [0.717, 1.165) is 17.5 Å². The summed E-state index contributed by atoms with van der Waals surface area (Å²) >= 11 is 0. The zero-order chi connectivity index (χ0) is 28.5. The second-order valence-corrected chi connectivity index (χ2v) is 12.4. The van der Waals surface area contributed by atoms with E-state index in [1.807, 2.05) is 44.2 Å². The van der Waals surface area contributed by atoms with Gasteiger partial charge in [-0.05, 0) is 50.2 Å². The first kappa shape index (κ1) is 27.6. The Morgan fingerprint density at radius 2 is 1.93 bits per heavy atom. The van der Waals surface area contributed by atoms with Gasteiger partial charge in [-0.3, -0.25) is 14.8 Å². The van der Waals surface area contributed by atoms with E-state index in [4.69, 9.17) is 14.7 Å². The largest absolute Gasteiger partial charge is 0.394 e. The van der Waals surface area contributed by atoms with Crippen molar-refractivity contribution in [1.82, 2.24) is 25.3 Å². The summed E-state index contributed by atoms with van der Waals surface area (Å²) in [5.74, 6) is 0.319. The highest BCUT2D eigenvalue weighted by Gasteiger charge is 2.33. The second kappa shape index (κ2) is 10.9. The summed E-state index contributed by atoms with van der Waals surface area (Å²) in [4.78, 5) is 32.6. The molecule has 1 atom stereocenters. The molecule has 1 amide bonds. The van der Waals surface area contributed by atoms with Gasteiger partial charge in [-0.2, -0.15) is 0 Å². The number of amides is 1. The van der Waals surface area contributed by atoms with Crippen molar-refractivity contribution in [3.63, 3.8) is 0 Å². The minimum absolute atomic E-state index is 0.0241. The number of carbonyl (C=O) groups is 1. The van der Waals surface area contributed by atoms with Crippen LogP contribution in [0, 0.1) is 0 Å². The van der Waals surface area contributed by atoms with Crippen molar-refractivity contribution in [3.8, 4) is 11.4 Å². The fourth-order valence-corrected chi connectivity index (χ4v) is 5.22. The third kappa shape index (κ3) is 6.24. The minimum atomic E-state index is -3.48. The van der Waals surface area contributed by atoms with E-state index < -0.39 is 21.3 Å². The first-order chi connectivity index (χ1) is 19.0. The van der Waals surface area contributed by atoms with Gasteiger partial charge in [-0.25, -0.2) is 18.4 Å². The number of aliphatic hydroxyl groups is 1. The number of nitrogens with one attached hydrogen (secondary N) is 1. The molecule has 1 aliphatic heterocycles. The zero-order valence-electron chi connectivity index (χ0n) is 22.4. The summed E-state index contributed by atoms with van der Waals surface area (Å²) in [6.45, 7) is 5.22. The van der Waals surface area contributed by atoms with Crippen molar-refractivity contribution < 1.29 is 23.1 Å². The number of nitrogens with zero attached hydrogens (tertiary/aromatic N) is 5. The van der Waals surface area contributed by atoms with Gasteiger partial charge in [0, 0.05) is 43.3 Å². The number of morpholine rings is 1. The molecule has 5 rings (SSSR count). The molecule has 40 heavy (non-hydrogen) atoms. The van der Waals surface area contributed by atoms with E-state index in [0.29, 0.717) is 35.7 Å². The maximum Gasteiger partial charge on any atom is 0.253 e. The molecule has 208 valence electrons. The molecule has 0 saturated carbocycles. The van der Waals surface area contributed by atoms with Crippen LogP contribution in [0.1, 0.15) is 29.9 Å². The fraction of sp³-hybridized carbons (Fsp3) is 0.321. The summed E-state index contributed by atoms with van der Waals surface area (Å²) in [6, 6.07) is 12.7. The van der Waals surface area contributed by atoms with Crippen LogP contribution in [-0.2, 0) is 21.1 Å². The highest BCUT2D eigenvalue weighted by atomic mass is 32.2. The van der Waals surface area contributed by atoms with Gasteiger partial charge < -0.3 is 20.1 Å². The molecule has 4 aromatic heterocycles. The van der Waals surface area contributed by atoms with Gasteiger partial charge in [0.15, 0.2) is 9.84 Å². The van der Waals surface area contributed by atoms with E-state index in [9.17, 15) is 18.3 Å². The molecule has 4 aromatic rings. The lowest BCUT2D eigenvalue weighted by Gasteiger charge is -2.42. The van der Waals surface area contributed by atoms with E-state index in [1.165, 1.54) is 18.5 Å². The lowest BCUT2D eigenvalue weighted by atomic mass is 10.1. The number of fused-ring (bicyclic) bond motifs is 1. The van der Waals surface area contributed by atoms with Crippen LogP contribution in [0.25, 0.3) is 22.3 Å². The van der Waals surface area contributed by atoms with Crippen LogP contribution in [0.3, 0.4) is 0 Å². The molecule has 0 aliphatic carbocycles. The summed E-state index contributed by atoms with van der Waals surface area (Å²) in [6.07, 6.45) is 4.98. The SMILES string of the molecule is CC1(C)CN(c2cccc(-c3ccc4cnc(CNC(=O)c5cncc(S(C)(=O)=O)c5)cc4n3)n2)C[C@H](CO)O1. The first-order valence-corrected chi connectivity index (χ1v) is 14.6. The van der Waals surface area contributed by atoms with Crippen LogP contribution in [0.4, 0.5) is 5.82 Å². The van der Waals surface area contributed by atoms with E-state index in [1.54, 1.807) is 12.3 Å². The van der Waals surface area contributed by atoms with E-state index in [2.05, 4.69) is 20.2 Å². The predicted octanol–water partition coefficient (Wildman–Crippen LogP) is 2.40. The summed E-state index contributed by atoms with van der Waals surface area (Å²) in [5, 5.41) is 13.3. The van der Waals surface area contributed by atoms with Crippen molar-refractivity contribution in [2.24, 2.45) is 0 Å². The van der Waals surface area contributed by atoms with Crippen LogP contribution < -0.4 is 10.2 Å². The molecule has 0 aromatic carbocycles. The number of ether oxygens (including phenoxy) is 1. The van der Waals surface area contributed by atoms with Crippen LogP contribution in [0.5, 0.6) is 0 Å². The van der Waals surface area contributed by atoms with Gasteiger partial charge in [0.1, 0.15) is 5.82 Å². The smallest absolute Gasteiger partial charge is 0.253 e. The molecule has 11 nitrogen and oxygen atoms in total. The molecule has 2 N–H and O–H groups in total. The first-order valence-electron chi connectivity index (χ1n) is 12.7. The topological polar surface area (TPSA) is 147 Å². The molecule has 0 bridgehead atoms. The molecular formula is C28H30N6O5S. The number of carbonyl (C=O) groups excluding carboxylic acids is 1. The second-order valence-electron chi connectivity index (χ2n) is 10.4. The van der Waals surface area contributed by atoms with Crippen LogP contribution in [-0.4, -0.2) is 77.0 Å². The Morgan fingerprint density at radius 1 is 1.12 bits per heavy atom. The lowest BCUT2D eigenvalue weighted by molar-refractivity contribution is -0.101. The Bertz CT molecular complexity index is 1680. The van der Waals surface area contributed by atoms with Gasteiger partial charge in [-0.1, -0.05) is 6.07 Å². The van der Waals surface area contributed by atoms with Crippen LogP contribution in [0.2, 0.25) is 0 Å². The minimum Gasteiger partial charge on any atom is -0.394 e. The van der Waals surface area contributed by atoms with Gasteiger partial charge in [0.05, 0.1) is 57.9 Å². The number of anilines is 1. The average Bonchev–Trinajstić information content (AvgIpc) is 2.94. The summed E-state index contributed by atoms with van der Waals surface area (Å²) in [7, 11) is -3.48. The average molecular weight is 563 g/mol. The molecular weight excluding hydrogens is 532 g/mol. The maximum absolute atomic E-state index is 12.6. The highest BCUT2D eigenvalue weighted by Crippen LogP contribution is 2.27. The quantitative estimate of drug-likeness (QED) is 0.344. The van der Waals surface area contributed by atoms with Crippen molar-refractivity contribution in [2.75, 3.05) is 30.9 Å². The van der Waals surface area contributed by atoms with Gasteiger partial charge in [0.25, 0.3) is 5.91 Å². The standard InChI is InChI=1S/C28H30N6O5S/c1-28(2)17-34(15-21(16-35)39-28)26-6-4-5-23(33-26)24-8-7-18-12-30-20(10-25(18)32-24)13-31-27(36)19-9-22(14-29-11-19)40(3,37)38/h4-12,14,21,35H,13,15-17H2,1-3H3,(H,31,36)/t21-/m1/s1. The lowest BCUT2D eigenvalue weighted by Crippen LogP contribution is -2.54. The summed E-state index contributed by atoms with van der Waals surface area (Å²) < 4.78 is 29.5.